The van der Waals surface area contributed by atoms with Crippen LogP contribution in [0.2, 0.25) is 0 Å². The van der Waals surface area contributed by atoms with Gasteiger partial charge in [-0.3, -0.25) is 4.90 Å². The number of nitrogens with zero attached hydrogens (tertiary/aromatic N) is 2. The van der Waals surface area contributed by atoms with Gasteiger partial charge in [0.25, 0.3) is 0 Å². The zero-order valence-electron chi connectivity index (χ0n) is 22.8. The molecule has 0 fully saturated rings. The Morgan fingerprint density at radius 1 is 0.452 bits per heavy atom. The molecule has 8 rings (SSSR count). The molecule has 0 radical (unpaired) electrons. The molecule has 0 amide bonds. The molecule has 8 aromatic rings. The van der Waals surface area contributed by atoms with E-state index in [1.165, 1.54) is 33.0 Å². The van der Waals surface area contributed by atoms with Crippen LogP contribution >= 0.6 is 0 Å². The largest absolute Gasteiger partial charge is 0.452 e. The average molecular weight is 539 g/mol. The fourth-order valence-corrected chi connectivity index (χ4v) is 5.88. The van der Waals surface area contributed by atoms with Crippen molar-refractivity contribution in [3.05, 3.63) is 158 Å². The lowest BCUT2D eigenvalue weighted by Crippen LogP contribution is -2.11. The number of rotatable bonds is 5. The molecule has 0 saturated heterocycles. The van der Waals surface area contributed by atoms with Crippen molar-refractivity contribution < 1.29 is 4.42 Å². The predicted molar refractivity (Wildman–Crippen MR) is 175 cm³/mol. The summed E-state index contributed by atoms with van der Waals surface area (Å²) in [4.78, 5) is 7.12. The monoisotopic (exact) mass is 538 g/mol. The van der Waals surface area contributed by atoms with Gasteiger partial charge in [0, 0.05) is 28.3 Å². The van der Waals surface area contributed by atoms with E-state index in [0.717, 1.165) is 39.1 Å². The Hall–Kier alpha value is -5.67. The number of hydrogen-bond donors (Lipinski definition) is 0. The molecule has 6 aromatic carbocycles. The Labute approximate surface area is 243 Å². The Morgan fingerprint density at radius 3 is 1.62 bits per heavy atom. The summed E-state index contributed by atoms with van der Waals surface area (Å²) in [6, 6.07) is 52.9. The van der Waals surface area contributed by atoms with E-state index in [4.69, 9.17) is 9.40 Å². The second-order valence-corrected chi connectivity index (χ2v) is 10.4. The highest BCUT2D eigenvalue weighted by atomic mass is 16.3. The summed E-state index contributed by atoms with van der Waals surface area (Å²) in [6.07, 6.45) is 1.89. The van der Waals surface area contributed by atoms with Gasteiger partial charge < -0.3 is 4.42 Å². The third-order valence-electron chi connectivity index (χ3n) is 7.93. The molecule has 3 heteroatoms. The maximum Gasteiger partial charge on any atom is 0.181 e. The van der Waals surface area contributed by atoms with Crippen molar-refractivity contribution in [1.82, 2.24) is 4.98 Å². The first-order valence-electron chi connectivity index (χ1n) is 14.1. The fourth-order valence-electron chi connectivity index (χ4n) is 5.88. The van der Waals surface area contributed by atoms with E-state index in [0.29, 0.717) is 0 Å². The summed E-state index contributed by atoms with van der Waals surface area (Å²) in [6.45, 7) is 0. The lowest BCUT2D eigenvalue weighted by atomic mass is 10.0. The molecular formula is C39H26N2O. The van der Waals surface area contributed by atoms with Crippen molar-refractivity contribution in [2.75, 3.05) is 4.90 Å². The summed E-state index contributed by atoms with van der Waals surface area (Å²) in [5.74, 6) is 0.757. The van der Waals surface area contributed by atoms with E-state index in [1.807, 2.05) is 18.3 Å². The highest BCUT2D eigenvalue weighted by Crippen LogP contribution is 2.43. The first-order valence-corrected chi connectivity index (χ1v) is 14.1. The van der Waals surface area contributed by atoms with Crippen LogP contribution in [0, 0.1) is 0 Å². The molecular weight excluding hydrogens is 512 g/mol. The summed E-state index contributed by atoms with van der Waals surface area (Å²) in [5.41, 5.74) is 8.35. The van der Waals surface area contributed by atoms with Crippen LogP contribution in [-0.4, -0.2) is 4.98 Å². The highest BCUT2D eigenvalue weighted by molar-refractivity contribution is 6.20. The van der Waals surface area contributed by atoms with Gasteiger partial charge in [0.15, 0.2) is 11.4 Å². The van der Waals surface area contributed by atoms with Crippen LogP contribution in [0.4, 0.5) is 17.2 Å². The molecule has 198 valence electrons. The standard InChI is InChI=1S/C39H26N2O/c1-3-9-27(10-4-1)29-15-20-32(21-16-29)41(33-22-17-30(18-23-33)28-11-5-2-6-12-28)39-38-35(25-26-40-39)37-34-14-8-7-13-31(34)19-24-36(37)42-38/h1-26H. The van der Waals surface area contributed by atoms with Gasteiger partial charge in [-0.1, -0.05) is 115 Å². The zero-order chi connectivity index (χ0) is 27.9. The molecule has 0 aliphatic rings. The maximum absolute atomic E-state index is 6.60. The molecule has 42 heavy (non-hydrogen) atoms. The molecule has 0 N–H and O–H groups in total. The quantitative estimate of drug-likeness (QED) is 0.218. The molecule has 2 aromatic heterocycles. The van der Waals surface area contributed by atoms with Crippen LogP contribution in [0.15, 0.2) is 162 Å². The minimum absolute atomic E-state index is 0.757. The number of anilines is 3. The Morgan fingerprint density at radius 2 is 1.00 bits per heavy atom. The molecule has 0 spiro atoms. The topological polar surface area (TPSA) is 29.3 Å². The van der Waals surface area contributed by atoms with E-state index in [-0.39, 0.29) is 0 Å². The summed E-state index contributed by atoms with van der Waals surface area (Å²) in [5, 5.41) is 4.54. The Kier molecular flexibility index (Phi) is 5.79. The average Bonchev–Trinajstić information content (AvgIpc) is 3.47. The molecule has 0 saturated carbocycles. The molecule has 0 aliphatic heterocycles. The van der Waals surface area contributed by atoms with Crippen molar-refractivity contribution >= 4 is 49.9 Å². The summed E-state index contributed by atoms with van der Waals surface area (Å²) < 4.78 is 6.60. The third kappa shape index (κ3) is 4.11. The third-order valence-corrected chi connectivity index (χ3v) is 7.93. The summed E-state index contributed by atoms with van der Waals surface area (Å²) in [7, 11) is 0. The van der Waals surface area contributed by atoms with Crippen LogP contribution in [0.5, 0.6) is 0 Å². The van der Waals surface area contributed by atoms with E-state index in [2.05, 4.69) is 144 Å². The van der Waals surface area contributed by atoms with Crippen LogP contribution in [-0.2, 0) is 0 Å². The van der Waals surface area contributed by atoms with E-state index in [1.54, 1.807) is 0 Å². The van der Waals surface area contributed by atoms with Gasteiger partial charge in [-0.25, -0.2) is 4.98 Å². The van der Waals surface area contributed by atoms with Gasteiger partial charge in [-0.05, 0) is 69.4 Å². The molecule has 0 unspecified atom stereocenters. The lowest BCUT2D eigenvalue weighted by molar-refractivity contribution is 0.667. The highest BCUT2D eigenvalue weighted by Gasteiger charge is 2.21. The van der Waals surface area contributed by atoms with Crippen LogP contribution < -0.4 is 4.90 Å². The molecule has 0 atom stereocenters. The van der Waals surface area contributed by atoms with Crippen molar-refractivity contribution in [2.45, 2.75) is 0 Å². The number of fused-ring (bicyclic) bond motifs is 5. The normalized spacial score (nSPS) is 11.3. The van der Waals surface area contributed by atoms with Gasteiger partial charge >= 0.3 is 0 Å². The van der Waals surface area contributed by atoms with Crippen molar-refractivity contribution in [3.8, 4) is 22.3 Å². The number of pyridine rings is 1. The SMILES string of the molecule is c1ccc(-c2ccc(N(c3ccc(-c4ccccc4)cc3)c3nccc4c3oc3ccc5ccccc5c34)cc2)cc1. The lowest BCUT2D eigenvalue weighted by Gasteiger charge is -2.24. The van der Waals surface area contributed by atoms with Gasteiger partial charge in [0.1, 0.15) is 5.58 Å². The minimum atomic E-state index is 0.757. The second-order valence-electron chi connectivity index (χ2n) is 10.4. The van der Waals surface area contributed by atoms with E-state index >= 15 is 0 Å². The molecule has 0 bridgehead atoms. The molecule has 3 nitrogen and oxygen atoms in total. The number of aromatic nitrogens is 1. The predicted octanol–water partition coefficient (Wildman–Crippen LogP) is 10.9. The van der Waals surface area contributed by atoms with Crippen LogP contribution in [0.3, 0.4) is 0 Å². The summed E-state index contributed by atoms with van der Waals surface area (Å²) >= 11 is 0. The van der Waals surface area contributed by atoms with Crippen LogP contribution in [0.25, 0.3) is 55.0 Å². The van der Waals surface area contributed by atoms with Crippen LogP contribution in [0.1, 0.15) is 0 Å². The second kappa shape index (κ2) is 10.1. The smallest absolute Gasteiger partial charge is 0.181 e. The van der Waals surface area contributed by atoms with Gasteiger partial charge in [0.05, 0.1) is 0 Å². The molecule has 0 aliphatic carbocycles. The van der Waals surface area contributed by atoms with Crippen molar-refractivity contribution in [2.24, 2.45) is 0 Å². The zero-order valence-corrected chi connectivity index (χ0v) is 22.8. The number of hydrogen-bond acceptors (Lipinski definition) is 3. The Balaban J connectivity index is 1.32. The fraction of sp³-hybridized carbons (Fsp3) is 0. The van der Waals surface area contributed by atoms with E-state index in [9.17, 15) is 0 Å². The molecule has 2 heterocycles. The van der Waals surface area contributed by atoms with Crippen molar-refractivity contribution in [1.29, 1.82) is 0 Å². The van der Waals surface area contributed by atoms with Gasteiger partial charge in [-0.2, -0.15) is 0 Å². The van der Waals surface area contributed by atoms with Gasteiger partial charge in [0.2, 0.25) is 0 Å². The first-order chi connectivity index (χ1) is 20.8. The number of benzene rings is 6. The number of furan rings is 1. The van der Waals surface area contributed by atoms with Crippen molar-refractivity contribution in [3.63, 3.8) is 0 Å². The maximum atomic E-state index is 6.60. The van der Waals surface area contributed by atoms with E-state index < -0.39 is 0 Å². The van der Waals surface area contributed by atoms with Gasteiger partial charge in [-0.15, -0.1) is 0 Å². The minimum Gasteiger partial charge on any atom is -0.452 e. The first kappa shape index (κ1) is 24.2. The Bertz CT molecular complexity index is 2080.